The van der Waals surface area contributed by atoms with Gasteiger partial charge >= 0.3 is 0 Å². The van der Waals surface area contributed by atoms with E-state index >= 15 is 0 Å². The van der Waals surface area contributed by atoms with E-state index in [1.54, 1.807) is 13.0 Å². The molecule has 1 atom stereocenters. The summed E-state index contributed by atoms with van der Waals surface area (Å²) in [6, 6.07) is 4.39. The Morgan fingerprint density at radius 3 is 2.73 bits per heavy atom. The molecule has 0 aliphatic carbocycles. The van der Waals surface area contributed by atoms with E-state index in [2.05, 4.69) is 5.32 Å². The molecule has 2 nitrogen and oxygen atoms in total. The zero-order chi connectivity index (χ0) is 11.5. The van der Waals surface area contributed by atoms with Crippen LogP contribution in [0.25, 0.3) is 0 Å². The average Bonchev–Trinajstić information content (AvgIpc) is 2.20. The van der Waals surface area contributed by atoms with E-state index in [4.69, 9.17) is 11.6 Å². The van der Waals surface area contributed by atoms with Crippen molar-refractivity contribution in [2.75, 3.05) is 11.9 Å². The van der Waals surface area contributed by atoms with Crippen molar-refractivity contribution in [3.63, 3.8) is 0 Å². The Morgan fingerprint density at radius 1 is 1.53 bits per heavy atom. The molecule has 0 bridgehead atoms. The normalized spacial score (nSPS) is 14.7. The molecule has 0 heterocycles. The molecular weight excluding hydrogens is 217 g/mol. The van der Waals surface area contributed by atoms with E-state index in [1.807, 2.05) is 6.92 Å². The highest BCUT2D eigenvalue weighted by Crippen LogP contribution is 2.20. The molecule has 15 heavy (non-hydrogen) atoms. The quantitative estimate of drug-likeness (QED) is 0.835. The van der Waals surface area contributed by atoms with Gasteiger partial charge in [-0.05, 0) is 31.5 Å². The number of nitrogens with one attached hydrogen (secondary N) is 1. The minimum atomic E-state index is -0.763. The Kier molecular flexibility index (Phi) is 3.94. The van der Waals surface area contributed by atoms with Crippen LogP contribution in [0.1, 0.15) is 20.3 Å². The van der Waals surface area contributed by atoms with Gasteiger partial charge in [0, 0.05) is 12.2 Å². The highest BCUT2D eigenvalue weighted by Gasteiger charge is 2.16. The Hall–Kier alpha value is -0.800. The van der Waals surface area contributed by atoms with Crippen molar-refractivity contribution in [2.45, 2.75) is 25.9 Å². The summed E-state index contributed by atoms with van der Waals surface area (Å²) < 4.78 is 12.8. The molecule has 0 aliphatic heterocycles. The van der Waals surface area contributed by atoms with Gasteiger partial charge in [-0.3, -0.25) is 0 Å². The van der Waals surface area contributed by atoms with E-state index in [9.17, 15) is 9.50 Å². The van der Waals surface area contributed by atoms with Gasteiger partial charge in [0.2, 0.25) is 0 Å². The molecule has 0 saturated heterocycles. The van der Waals surface area contributed by atoms with Crippen LogP contribution in [0.4, 0.5) is 10.1 Å². The van der Waals surface area contributed by atoms with Gasteiger partial charge in [0.25, 0.3) is 0 Å². The SMILES string of the molecule is CCC(C)(O)CNc1ccc(F)c(Cl)c1. The van der Waals surface area contributed by atoms with E-state index in [-0.39, 0.29) is 5.02 Å². The maximum absolute atomic E-state index is 12.8. The van der Waals surface area contributed by atoms with Crippen molar-refractivity contribution in [3.8, 4) is 0 Å². The molecule has 0 amide bonds. The van der Waals surface area contributed by atoms with Crippen LogP contribution in [0.15, 0.2) is 18.2 Å². The van der Waals surface area contributed by atoms with E-state index in [0.717, 1.165) is 0 Å². The van der Waals surface area contributed by atoms with Gasteiger partial charge in [0.05, 0.1) is 10.6 Å². The van der Waals surface area contributed by atoms with E-state index in [1.165, 1.54) is 12.1 Å². The molecule has 4 heteroatoms. The van der Waals surface area contributed by atoms with Crippen LogP contribution in [0.5, 0.6) is 0 Å². The smallest absolute Gasteiger partial charge is 0.141 e. The van der Waals surface area contributed by atoms with Crippen molar-refractivity contribution >= 4 is 17.3 Å². The Morgan fingerprint density at radius 2 is 2.20 bits per heavy atom. The fourth-order valence-electron chi connectivity index (χ4n) is 1.02. The Balaban J connectivity index is 2.62. The fraction of sp³-hybridized carbons (Fsp3) is 0.455. The Bertz CT molecular complexity index is 341. The molecular formula is C11H15ClFNO. The van der Waals surface area contributed by atoms with Gasteiger partial charge < -0.3 is 10.4 Å². The van der Waals surface area contributed by atoms with E-state index < -0.39 is 11.4 Å². The first kappa shape index (κ1) is 12.3. The second kappa shape index (κ2) is 4.81. The number of anilines is 1. The third-order valence-corrected chi connectivity index (χ3v) is 2.64. The topological polar surface area (TPSA) is 32.3 Å². The summed E-state index contributed by atoms with van der Waals surface area (Å²) in [5, 5.41) is 12.8. The van der Waals surface area contributed by atoms with Gasteiger partial charge in [-0.1, -0.05) is 18.5 Å². The lowest BCUT2D eigenvalue weighted by molar-refractivity contribution is 0.0697. The predicted molar refractivity (Wildman–Crippen MR) is 60.8 cm³/mol. The number of aliphatic hydroxyl groups is 1. The van der Waals surface area contributed by atoms with Crippen LogP contribution in [-0.4, -0.2) is 17.3 Å². The van der Waals surface area contributed by atoms with Gasteiger partial charge in [-0.25, -0.2) is 4.39 Å². The molecule has 1 aromatic rings. The summed E-state index contributed by atoms with van der Waals surface area (Å²) in [4.78, 5) is 0. The first-order valence-electron chi connectivity index (χ1n) is 4.86. The molecule has 0 radical (unpaired) electrons. The highest BCUT2D eigenvalue weighted by atomic mass is 35.5. The van der Waals surface area contributed by atoms with Crippen LogP contribution in [0.2, 0.25) is 5.02 Å². The molecule has 1 aromatic carbocycles. The van der Waals surface area contributed by atoms with Crippen molar-refractivity contribution in [3.05, 3.63) is 29.0 Å². The van der Waals surface area contributed by atoms with Gasteiger partial charge in [0.15, 0.2) is 0 Å². The van der Waals surface area contributed by atoms with Crippen LogP contribution in [0.3, 0.4) is 0 Å². The summed E-state index contributed by atoms with van der Waals surface area (Å²) in [7, 11) is 0. The number of halogens is 2. The van der Waals surface area contributed by atoms with Crippen molar-refractivity contribution < 1.29 is 9.50 Å². The maximum atomic E-state index is 12.8. The van der Waals surface area contributed by atoms with Crippen molar-refractivity contribution in [1.82, 2.24) is 0 Å². The third-order valence-electron chi connectivity index (χ3n) is 2.35. The number of benzene rings is 1. The summed E-state index contributed by atoms with van der Waals surface area (Å²) in [6.45, 7) is 4.05. The number of rotatable bonds is 4. The average molecular weight is 232 g/mol. The molecule has 0 saturated carbocycles. The van der Waals surface area contributed by atoms with Gasteiger partial charge in [-0.2, -0.15) is 0 Å². The number of hydrogen-bond donors (Lipinski definition) is 2. The summed E-state index contributed by atoms with van der Waals surface area (Å²) >= 11 is 5.62. The molecule has 2 N–H and O–H groups in total. The minimum absolute atomic E-state index is 0.0798. The Labute approximate surface area is 94.1 Å². The molecule has 1 unspecified atom stereocenters. The monoisotopic (exact) mass is 231 g/mol. The van der Waals surface area contributed by atoms with Gasteiger partial charge in [0.1, 0.15) is 5.82 Å². The standard InChI is InChI=1S/C11H15ClFNO/c1-3-11(2,15)7-14-8-4-5-10(13)9(12)6-8/h4-6,14-15H,3,7H2,1-2H3. The second-order valence-corrected chi connectivity index (χ2v) is 4.24. The molecule has 84 valence electrons. The fourth-order valence-corrected chi connectivity index (χ4v) is 1.20. The van der Waals surface area contributed by atoms with Crippen LogP contribution >= 0.6 is 11.6 Å². The molecule has 1 rings (SSSR count). The van der Waals surface area contributed by atoms with Crippen LogP contribution in [-0.2, 0) is 0 Å². The maximum Gasteiger partial charge on any atom is 0.141 e. The molecule has 0 aliphatic rings. The summed E-state index contributed by atoms with van der Waals surface area (Å²) in [6.07, 6.45) is 0.648. The molecule has 0 aromatic heterocycles. The molecule has 0 fully saturated rings. The van der Waals surface area contributed by atoms with Gasteiger partial charge in [-0.15, -0.1) is 0 Å². The van der Waals surface area contributed by atoms with Crippen molar-refractivity contribution in [2.24, 2.45) is 0 Å². The van der Waals surface area contributed by atoms with E-state index in [0.29, 0.717) is 18.7 Å². The second-order valence-electron chi connectivity index (χ2n) is 3.83. The van der Waals surface area contributed by atoms with Crippen molar-refractivity contribution in [1.29, 1.82) is 0 Å². The zero-order valence-electron chi connectivity index (χ0n) is 8.85. The molecule has 0 spiro atoms. The zero-order valence-corrected chi connectivity index (χ0v) is 9.61. The van der Waals surface area contributed by atoms with Crippen LogP contribution in [0, 0.1) is 5.82 Å². The largest absolute Gasteiger partial charge is 0.388 e. The summed E-state index contributed by atoms with van der Waals surface area (Å²) in [5.74, 6) is -0.440. The summed E-state index contributed by atoms with van der Waals surface area (Å²) in [5.41, 5.74) is -0.0592. The predicted octanol–water partition coefficient (Wildman–Crippen LogP) is 3.05. The first-order chi connectivity index (χ1) is 6.94. The third kappa shape index (κ3) is 3.68. The van der Waals surface area contributed by atoms with Crippen LogP contribution < -0.4 is 5.32 Å². The lowest BCUT2D eigenvalue weighted by Crippen LogP contribution is -2.32. The number of hydrogen-bond acceptors (Lipinski definition) is 2. The minimum Gasteiger partial charge on any atom is -0.388 e. The first-order valence-corrected chi connectivity index (χ1v) is 5.24. The lowest BCUT2D eigenvalue weighted by Gasteiger charge is -2.22. The highest BCUT2D eigenvalue weighted by molar-refractivity contribution is 6.31. The lowest BCUT2D eigenvalue weighted by atomic mass is 10.0.